The molecule has 3 amide bonds. The van der Waals surface area contributed by atoms with Crippen LogP contribution in [0.15, 0.2) is 53.4 Å². The Morgan fingerprint density at radius 2 is 1.79 bits per heavy atom. The molecule has 152 valence electrons. The van der Waals surface area contributed by atoms with Crippen LogP contribution in [0.2, 0.25) is 0 Å². The van der Waals surface area contributed by atoms with Gasteiger partial charge in [0.05, 0.1) is 18.2 Å². The topological polar surface area (TPSA) is 69.7 Å². The van der Waals surface area contributed by atoms with Crippen molar-refractivity contribution in [1.29, 1.82) is 0 Å². The molecule has 1 heterocycles. The molecule has 0 spiro atoms. The molecule has 1 unspecified atom stereocenters. The Morgan fingerprint density at radius 3 is 2.52 bits per heavy atom. The lowest BCUT2D eigenvalue weighted by atomic mass is 9.90. The van der Waals surface area contributed by atoms with Crippen molar-refractivity contribution in [3.63, 3.8) is 0 Å². The summed E-state index contributed by atoms with van der Waals surface area (Å²) in [4.78, 5) is 41.0. The molecule has 0 fully saturated rings. The van der Waals surface area contributed by atoms with Crippen LogP contribution in [0.3, 0.4) is 0 Å². The molecule has 0 aliphatic carbocycles. The largest absolute Gasteiger partial charge is 0.339 e. The number of benzene rings is 2. The molecule has 7 heteroatoms. The zero-order valence-corrected chi connectivity index (χ0v) is 17.7. The summed E-state index contributed by atoms with van der Waals surface area (Å²) in [5.74, 6) is -0.229. The minimum Gasteiger partial charge on any atom is -0.339 e. The van der Waals surface area contributed by atoms with Gasteiger partial charge in [0.2, 0.25) is 11.8 Å². The van der Waals surface area contributed by atoms with Gasteiger partial charge in [-0.3, -0.25) is 14.4 Å². The maximum absolute atomic E-state index is 12.9. The van der Waals surface area contributed by atoms with E-state index in [2.05, 4.69) is 11.4 Å². The molecular formula is C22H25N3O3S. The van der Waals surface area contributed by atoms with Gasteiger partial charge in [-0.05, 0) is 41.4 Å². The lowest BCUT2D eigenvalue weighted by molar-refractivity contribution is -0.132. The zero-order chi connectivity index (χ0) is 21.0. The first-order chi connectivity index (χ1) is 13.9. The van der Waals surface area contributed by atoms with Crippen molar-refractivity contribution in [3.8, 4) is 0 Å². The Balaban J connectivity index is 1.78. The number of carbonyl (C=O) groups is 3. The predicted octanol–water partition coefficient (Wildman–Crippen LogP) is 3.93. The van der Waals surface area contributed by atoms with Gasteiger partial charge in [-0.1, -0.05) is 36.4 Å². The highest BCUT2D eigenvalue weighted by Gasteiger charge is 2.30. The molecular weight excluding hydrogens is 386 g/mol. The molecule has 2 aromatic carbocycles. The number of hydrogen-bond donors (Lipinski definition) is 1. The molecule has 0 saturated heterocycles. The first-order valence-corrected chi connectivity index (χ1v) is 10.3. The maximum Gasteiger partial charge on any atom is 0.286 e. The third-order valence-corrected chi connectivity index (χ3v) is 6.03. The van der Waals surface area contributed by atoms with Crippen LogP contribution in [-0.2, 0) is 16.0 Å². The monoisotopic (exact) mass is 411 g/mol. The van der Waals surface area contributed by atoms with E-state index in [1.807, 2.05) is 30.3 Å². The Hall–Kier alpha value is -2.80. The fourth-order valence-corrected chi connectivity index (χ4v) is 4.22. The predicted molar refractivity (Wildman–Crippen MR) is 115 cm³/mol. The molecule has 1 atom stereocenters. The van der Waals surface area contributed by atoms with Crippen LogP contribution in [0.1, 0.15) is 30.5 Å². The van der Waals surface area contributed by atoms with Crippen LogP contribution in [-0.4, -0.2) is 47.5 Å². The summed E-state index contributed by atoms with van der Waals surface area (Å²) < 4.78 is 0. The maximum atomic E-state index is 12.9. The van der Waals surface area contributed by atoms with Crippen molar-refractivity contribution in [2.24, 2.45) is 0 Å². The first-order valence-electron chi connectivity index (χ1n) is 9.50. The van der Waals surface area contributed by atoms with Gasteiger partial charge < -0.3 is 15.1 Å². The number of hydrogen-bond acceptors (Lipinski definition) is 4. The average molecular weight is 412 g/mol. The summed E-state index contributed by atoms with van der Waals surface area (Å²) in [6, 6.07) is 14.9. The highest BCUT2D eigenvalue weighted by molar-refractivity contribution is 8.13. The van der Waals surface area contributed by atoms with E-state index in [0.717, 1.165) is 23.7 Å². The molecule has 0 aromatic heterocycles. The van der Waals surface area contributed by atoms with E-state index in [4.69, 9.17) is 0 Å². The van der Waals surface area contributed by atoms with Crippen molar-refractivity contribution in [2.45, 2.75) is 30.7 Å². The molecule has 1 aliphatic heterocycles. The molecule has 6 nitrogen and oxygen atoms in total. The summed E-state index contributed by atoms with van der Waals surface area (Å²) in [5, 5.41) is 2.81. The van der Waals surface area contributed by atoms with E-state index in [9.17, 15) is 14.4 Å². The van der Waals surface area contributed by atoms with Crippen molar-refractivity contribution < 1.29 is 14.4 Å². The molecule has 29 heavy (non-hydrogen) atoms. The van der Waals surface area contributed by atoms with Crippen molar-refractivity contribution in [1.82, 2.24) is 9.80 Å². The van der Waals surface area contributed by atoms with Crippen molar-refractivity contribution >= 4 is 34.5 Å². The standard InChI is InChI=1S/C22H25N3O3S/c1-15(26)25-13-12-16-8-4-5-9-17(16)19(25)14-21(27)23-18-10-6-7-11-20(18)29-22(28)24(2)3/h4-11,19H,12-14H2,1-3H3,(H,23,27). The molecule has 0 bridgehead atoms. The smallest absolute Gasteiger partial charge is 0.286 e. The number of amides is 3. The van der Waals surface area contributed by atoms with Gasteiger partial charge in [0, 0.05) is 32.5 Å². The molecule has 0 saturated carbocycles. The van der Waals surface area contributed by atoms with Crippen molar-refractivity contribution in [2.75, 3.05) is 26.0 Å². The van der Waals surface area contributed by atoms with Crippen LogP contribution >= 0.6 is 11.8 Å². The number of carbonyl (C=O) groups excluding carboxylic acids is 3. The molecule has 1 N–H and O–H groups in total. The summed E-state index contributed by atoms with van der Waals surface area (Å²) in [7, 11) is 3.38. The molecule has 1 aliphatic rings. The van der Waals surface area contributed by atoms with Crippen LogP contribution < -0.4 is 5.32 Å². The number of rotatable bonds is 4. The van der Waals surface area contributed by atoms with Gasteiger partial charge in [0.25, 0.3) is 5.24 Å². The highest BCUT2D eigenvalue weighted by Crippen LogP contribution is 2.33. The number of nitrogens with one attached hydrogen (secondary N) is 1. The second kappa shape index (κ2) is 9.13. The van der Waals surface area contributed by atoms with Crippen LogP contribution in [0.5, 0.6) is 0 Å². The van der Waals surface area contributed by atoms with E-state index in [1.165, 1.54) is 17.4 Å². The van der Waals surface area contributed by atoms with Gasteiger partial charge >= 0.3 is 0 Å². The lowest BCUT2D eigenvalue weighted by Gasteiger charge is -2.36. The van der Waals surface area contributed by atoms with Gasteiger partial charge in [0.15, 0.2) is 0 Å². The second-order valence-corrected chi connectivity index (χ2v) is 8.18. The van der Waals surface area contributed by atoms with Crippen LogP contribution in [0, 0.1) is 0 Å². The summed E-state index contributed by atoms with van der Waals surface area (Å²) in [6.07, 6.45) is 0.956. The minimum atomic E-state index is -0.291. The summed E-state index contributed by atoms with van der Waals surface area (Å²) in [5.41, 5.74) is 2.79. The highest BCUT2D eigenvalue weighted by atomic mass is 32.2. The molecule has 3 rings (SSSR count). The van der Waals surface area contributed by atoms with E-state index in [0.29, 0.717) is 17.1 Å². The quantitative estimate of drug-likeness (QED) is 0.774. The minimum absolute atomic E-state index is 0.0372. The van der Waals surface area contributed by atoms with E-state index >= 15 is 0 Å². The Kier molecular flexibility index (Phi) is 6.59. The number of para-hydroxylation sites is 1. The van der Waals surface area contributed by atoms with E-state index in [1.54, 1.807) is 31.1 Å². The van der Waals surface area contributed by atoms with Gasteiger partial charge in [-0.2, -0.15) is 0 Å². The van der Waals surface area contributed by atoms with Gasteiger partial charge in [-0.15, -0.1) is 0 Å². The van der Waals surface area contributed by atoms with E-state index < -0.39 is 0 Å². The number of thioether (sulfide) groups is 1. The van der Waals surface area contributed by atoms with Gasteiger partial charge in [-0.25, -0.2) is 0 Å². The Morgan fingerprint density at radius 1 is 1.10 bits per heavy atom. The lowest BCUT2D eigenvalue weighted by Crippen LogP contribution is -2.40. The normalized spacial score (nSPS) is 15.4. The number of fused-ring (bicyclic) bond motifs is 1. The zero-order valence-electron chi connectivity index (χ0n) is 16.8. The van der Waals surface area contributed by atoms with Crippen molar-refractivity contribution in [3.05, 3.63) is 59.7 Å². The Labute approximate surface area is 175 Å². The number of anilines is 1. The first kappa shape index (κ1) is 20.9. The SMILES string of the molecule is CC(=O)N1CCc2ccccc2C1CC(=O)Nc1ccccc1SC(=O)N(C)C. The molecule has 2 aromatic rings. The third-order valence-electron chi connectivity index (χ3n) is 4.92. The van der Waals surface area contributed by atoms with Crippen LogP contribution in [0.25, 0.3) is 0 Å². The second-order valence-electron chi connectivity index (χ2n) is 7.19. The molecule has 0 radical (unpaired) electrons. The Bertz CT molecular complexity index is 929. The van der Waals surface area contributed by atoms with Gasteiger partial charge in [0.1, 0.15) is 0 Å². The average Bonchev–Trinajstić information content (AvgIpc) is 2.69. The fourth-order valence-electron chi connectivity index (χ4n) is 3.47. The number of nitrogens with zero attached hydrogens (tertiary/aromatic N) is 2. The van der Waals surface area contributed by atoms with Crippen LogP contribution in [0.4, 0.5) is 10.5 Å². The fraction of sp³-hybridized carbons (Fsp3) is 0.318. The summed E-state index contributed by atoms with van der Waals surface area (Å²) in [6.45, 7) is 2.14. The third kappa shape index (κ3) is 4.98. The summed E-state index contributed by atoms with van der Waals surface area (Å²) >= 11 is 1.07. The van der Waals surface area contributed by atoms with E-state index in [-0.39, 0.29) is 29.5 Å².